The lowest BCUT2D eigenvalue weighted by Gasteiger charge is -2.41. The molecule has 3 aliphatic rings. The second-order valence-electron chi connectivity index (χ2n) is 8.87. The Morgan fingerprint density at radius 2 is 1.76 bits per heavy atom. The Morgan fingerprint density at radius 1 is 1.10 bits per heavy atom. The summed E-state index contributed by atoms with van der Waals surface area (Å²) in [4.78, 5) is 42.2. The van der Waals surface area contributed by atoms with E-state index in [2.05, 4.69) is 10.4 Å². The molecule has 158 valence electrons. The van der Waals surface area contributed by atoms with Gasteiger partial charge in [0.25, 0.3) is 11.8 Å². The Kier molecular flexibility index (Phi) is 5.36. The predicted molar refractivity (Wildman–Crippen MR) is 107 cm³/mol. The van der Waals surface area contributed by atoms with E-state index in [0.29, 0.717) is 5.69 Å². The van der Waals surface area contributed by atoms with Crippen LogP contribution in [0.5, 0.6) is 0 Å². The Hall–Kier alpha value is -2.38. The standard InChI is InChI=1S/C21H31N5O3/c1-21(20(29)22-15-9-5-3-4-6-10-15)14-26-17(19(28)24(21)2)13-16(23-26)18(27)25-11-7-8-12-25/h13,15H,3-12,14H2,1-2H3,(H,22,29)/t21-/m1/s1. The third-order valence-electron chi connectivity index (χ3n) is 6.79. The second kappa shape index (κ2) is 7.80. The molecule has 1 aliphatic carbocycles. The highest BCUT2D eigenvalue weighted by molar-refractivity contribution is 6.01. The minimum absolute atomic E-state index is 0.135. The maximum Gasteiger partial charge on any atom is 0.274 e. The number of amides is 3. The zero-order chi connectivity index (χ0) is 20.6. The van der Waals surface area contributed by atoms with E-state index in [9.17, 15) is 14.4 Å². The molecular formula is C21H31N5O3. The summed E-state index contributed by atoms with van der Waals surface area (Å²) in [7, 11) is 1.66. The molecule has 4 rings (SSSR count). The van der Waals surface area contributed by atoms with Crippen LogP contribution in [0.25, 0.3) is 0 Å². The van der Waals surface area contributed by atoms with Gasteiger partial charge in [0.15, 0.2) is 5.69 Å². The molecule has 0 unspecified atom stereocenters. The van der Waals surface area contributed by atoms with Crippen LogP contribution in [0.15, 0.2) is 6.07 Å². The molecule has 2 fully saturated rings. The highest BCUT2D eigenvalue weighted by Gasteiger charge is 2.47. The van der Waals surface area contributed by atoms with Gasteiger partial charge >= 0.3 is 0 Å². The van der Waals surface area contributed by atoms with Gasteiger partial charge in [0, 0.05) is 32.2 Å². The van der Waals surface area contributed by atoms with E-state index in [1.807, 2.05) is 0 Å². The quantitative estimate of drug-likeness (QED) is 0.783. The number of hydrogen-bond donors (Lipinski definition) is 1. The van der Waals surface area contributed by atoms with Crippen molar-refractivity contribution in [3.8, 4) is 0 Å². The van der Waals surface area contributed by atoms with Gasteiger partial charge < -0.3 is 15.1 Å². The van der Waals surface area contributed by atoms with Crippen molar-refractivity contribution in [3.05, 3.63) is 17.5 Å². The van der Waals surface area contributed by atoms with Gasteiger partial charge in [-0.05, 0) is 32.6 Å². The molecular weight excluding hydrogens is 370 g/mol. The lowest BCUT2D eigenvalue weighted by molar-refractivity contribution is -0.133. The van der Waals surface area contributed by atoms with Crippen LogP contribution in [0, 0.1) is 0 Å². The molecule has 0 bridgehead atoms. The minimum atomic E-state index is -1.03. The van der Waals surface area contributed by atoms with Crippen LogP contribution in [-0.4, -0.2) is 69.0 Å². The summed E-state index contributed by atoms with van der Waals surface area (Å²) in [5.74, 6) is -0.555. The van der Waals surface area contributed by atoms with Crippen molar-refractivity contribution in [1.82, 2.24) is 24.9 Å². The first kappa shape index (κ1) is 19.9. The number of nitrogens with zero attached hydrogens (tertiary/aromatic N) is 4. The van der Waals surface area contributed by atoms with Crippen molar-refractivity contribution in [2.24, 2.45) is 0 Å². The molecule has 29 heavy (non-hydrogen) atoms. The summed E-state index contributed by atoms with van der Waals surface area (Å²) in [6, 6.07) is 1.74. The minimum Gasteiger partial charge on any atom is -0.351 e. The molecule has 1 aromatic rings. The van der Waals surface area contributed by atoms with Crippen LogP contribution in [0.3, 0.4) is 0 Å². The monoisotopic (exact) mass is 401 g/mol. The number of carbonyl (C=O) groups is 3. The van der Waals surface area contributed by atoms with Gasteiger partial charge in [-0.15, -0.1) is 0 Å². The highest BCUT2D eigenvalue weighted by atomic mass is 16.2. The largest absolute Gasteiger partial charge is 0.351 e. The molecule has 1 atom stereocenters. The van der Waals surface area contributed by atoms with Crippen LogP contribution in [0.2, 0.25) is 0 Å². The van der Waals surface area contributed by atoms with Gasteiger partial charge in [-0.2, -0.15) is 5.10 Å². The van der Waals surface area contributed by atoms with E-state index in [4.69, 9.17) is 0 Å². The van der Waals surface area contributed by atoms with E-state index in [0.717, 1.165) is 51.6 Å². The number of hydrogen-bond acceptors (Lipinski definition) is 4. The molecule has 3 heterocycles. The molecule has 3 amide bonds. The van der Waals surface area contributed by atoms with Gasteiger partial charge in [0.05, 0.1) is 6.54 Å². The molecule has 1 saturated carbocycles. The maximum atomic E-state index is 13.2. The van der Waals surface area contributed by atoms with Gasteiger partial charge in [0.1, 0.15) is 11.2 Å². The van der Waals surface area contributed by atoms with Crippen molar-refractivity contribution in [3.63, 3.8) is 0 Å². The highest BCUT2D eigenvalue weighted by Crippen LogP contribution is 2.27. The summed E-state index contributed by atoms with van der Waals surface area (Å²) >= 11 is 0. The van der Waals surface area contributed by atoms with E-state index in [1.54, 1.807) is 24.9 Å². The van der Waals surface area contributed by atoms with Crippen molar-refractivity contribution >= 4 is 17.7 Å². The van der Waals surface area contributed by atoms with E-state index in [-0.39, 0.29) is 36.0 Å². The number of likely N-dealkylation sites (tertiary alicyclic amines) is 1. The molecule has 8 heteroatoms. The maximum absolute atomic E-state index is 13.2. The zero-order valence-corrected chi connectivity index (χ0v) is 17.4. The molecule has 2 aliphatic heterocycles. The first-order valence-electron chi connectivity index (χ1n) is 10.9. The fourth-order valence-corrected chi connectivity index (χ4v) is 4.68. The first-order valence-corrected chi connectivity index (χ1v) is 10.9. The van der Waals surface area contributed by atoms with Crippen molar-refractivity contribution in [2.45, 2.75) is 76.4 Å². The number of nitrogens with one attached hydrogen (secondary N) is 1. The normalized spacial score (nSPS) is 25.7. The number of rotatable bonds is 3. The van der Waals surface area contributed by atoms with Crippen LogP contribution in [-0.2, 0) is 11.3 Å². The smallest absolute Gasteiger partial charge is 0.274 e. The van der Waals surface area contributed by atoms with Crippen molar-refractivity contribution in [1.29, 1.82) is 0 Å². The van der Waals surface area contributed by atoms with Crippen LogP contribution in [0.1, 0.15) is 79.3 Å². The molecule has 8 nitrogen and oxygen atoms in total. The number of fused-ring (bicyclic) bond motifs is 1. The molecule has 0 aromatic carbocycles. The van der Waals surface area contributed by atoms with E-state index < -0.39 is 5.54 Å². The number of carbonyl (C=O) groups excluding carboxylic acids is 3. The third-order valence-corrected chi connectivity index (χ3v) is 6.79. The molecule has 1 N–H and O–H groups in total. The summed E-state index contributed by atoms with van der Waals surface area (Å²) in [6.45, 7) is 3.49. The Balaban J connectivity index is 1.54. The lowest BCUT2D eigenvalue weighted by atomic mass is 9.95. The molecule has 0 spiro atoms. The van der Waals surface area contributed by atoms with Crippen molar-refractivity contribution < 1.29 is 14.4 Å². The fraction of sp³-hybridized carbons (Fsp3) is 0.714. The zero-order valence-electron chi connectivity index (χ0n) is 17.4. The molecule has 1 saturated heterocycles. The summed E-state index contributed by atoms with van der Waals surface area (Å²) in [6.07, 6.45) is 8.66. The third kappa shape index (κ3) is 3.65. The second-order valence-corrected chi connectivity index (χ2v) is 8.87. The van der Waals surface area contributed by atoms with Crippen LogP contribution in [0.4, 0.5) is 0 Å². The topological polar surface area (TPSA) is 87.5 Å². The van der Waals surface area contributed by atoms with Crippen LogP contribution >= 0.6 is 0 Å². The van der Waals surface area contributed by atoms with E-state index >= 15 is 0 Å². The lowest BCUT2D eigenvalue weighted by Crippen LogP contribution is -2.63. The number of likely N-dealkylation sites (N-methyl/N-ethyl adjacent to an activating group) is 1. The average Bonchev–Trinajstić information content (AvgIpc) is 3.32. The summed E-state index contributed by atoms with van der Waals surface area (Å²) < 4.78 is 1.54. The summed E-state index contributed by atoms with van der Waals surface area (Å²) in [5.41, 5.74) is -0.372. The van der Waals surface area contributed by atoms with Gasteiger partial charge in [-0.1, -0.05) is 25.7 Å². The van der Waals surface area contributed by atoms with Gasteiger partial charge in [-0.3, -0.25) is 19.1 Å². The van der Waals surface area contributed by atoms with Crippen molar-refractivity contribution in [2.75, 3.05) is 20.1 Å². The Morgan fingerprint density at radius 3 is 2.41 bits per heavy atom. The van der Waals surface area contributed by atoms with Crippen LogP contribution < -0.4 is 5.32 Å². The Labute approximate surface area is 171 Å². The van der Waals surface area contributed by atoms with Gasteiger partial charge in [0.2, 0.25) is 5.91 Å². The van der Waals surface area contributed by atoms with Gasteiger partial charge in [-0.25, -0.2) is 0 Å². The number of aromatic nitrogens is 2. The average molecular weight is 402 g/mol. The van der Waals surface area contributed by atoms with E-state index in [1.165, 1.54) is 22.4 Å². The Bertz CT molecular complexity index is 805. The predicted octanol–water partition coefficient (Wildman–Crippen LogP) is 1.80. The summed E-state index contributed by atoms with van der Waals surface area (Å²) in [5, 5.41) is 7.59. The first-order chi connectivity index (χ1) is 13.9. The molecule has 0 radical (unpaired) electrons. The fourth-order valence-electron chi connectivity index (χ4n) is 4.68. The SMILES string of the molecule is CN1C(=O)c2cc(C(=O)N3CCCC3)nn2C[C@]1(C)C(=O)NC1CCCCCC1. The molecule has 1 aromatic heterocycles.